The maximum atomic E-state index is 12.7. The number of ether oxygens (including phenoxy) is 1. The van der Waals surface area contributed by atoms with Crippen LogP contribution in [0.3, 0.4) is 0 Å². The van der Waals surface area contributed by atoms with Crippen LogP contribution in [-0.2, 0) is 12.2 Å². The quantitative estimate of drug-likeness (QED) is 0.579. The number of nitrogens with zero attached hydrogens (tertiary/aromatic N) is 1. The zero-order chi connectivity index (χ0) is 22.4. The van der Waals surface area contributed by atoms with Crippen molar-refractivity contribution in [2.24, 2.45) is 0 Å². The third-order valence-corrected chi connectivity index (χ3v) is 6.04. The van der Waals surface area contributed by atoms with Gasteiger partial charge in [0.15, 0.2) is 0 Å². The summed E-state index contributed by atoms with van der Waals surface area (Å²) in [6, 6.07) is 25.5. The topological polar surface area (TPSA) is 61.8 Å². The molecule has 5 heteroatoms. The van der Waals surface area contributed by atoms with Crippen LogP contribution in [0.1, 0.15) is 41.3 Å². The van der Waals surface area contributed by atoms with Crippen molar-refractivity contribution in [3.63, 3.8) is 0 Å². The summed E-state index contributed by atoms with van der Waals surface area (Å²) in [5, 5.41) is 14.1. The van der Waals surface area contributed by atoms with Crippen molar-refractivity contribution in [3.05, 3.63) is 95.6 Å². The van der Waals surface area contributed by atoms with Crippen LogP contribution >= 0.6 is 0 Å². The van der Waals surface area contributed by atoms with Gasteiger partial charge in [-0.15, -0.1) is 0 Å². The summed E-state index contributed by atoms with van der Waals surface area (Å²) in [5.74, 6) is 0.627. The van der Waals surface area contributed by atoms with Gasteiger partial charge >= 0.3 is 0 Å². The molecule has 32 heavy (non-hydrogen) atoms. The second-order valence-corrected chi connectivity index (χ2v) is 8.20. The Kier molecular flexibility index (Phi) is 6.76. The average Bonchev–Trinajstić information content (AvgIpc) is 2.84. The molecule has 0 aromatic heterocycles. The molecule has 3 aromatic rings. The zero-order valence-corrected chi connectivity index (χ0v) is 18.5. The van der Waals surface area contributed by atoms with Crippen molar-refractivity contribution in [2.75, 3.05) is 24.5 Å². The van der Waals surface area contributed by atoms with E-state index in [1.165, 1.54) is 0 Å². The van der Waals surface area contributed by atoms with E-state index in [2.05, 4.69) is 10.2 Å². The van der Waals surface area contributed by atoms with Crippen LogP contribution < -0.4 is 15.0 Å². The molecule has 1 aliphatic rings. The Bertz CT molecular complexity index is 1030. The molecule has 0 atom stereocenters. The van der Waals surface area contributed by atoms with E-state index in [1.807, 2.05) is 85.8 Å². The van der Waals surface area contributed by atoms with Crippen LogP contribution in [0.25, 0.3) is 0 Å². The number of aliphatic hydroxyl groups is 1. The largest absolute Gasteiger partial charge is 0.489 e. The number of carbonyl (C=O) groups excluding carboxylic acids is 1. The van der Waals surface area contributed by atoms with Gasteiger partial charge in [-0.25, -0.2) is 0 Å². The minimum atomic E-state index is -0.842. The van der Waals surface area contributed by atoms with Gasteiger partial charge in [0.2, 0.25) is 0 Å². The van der Waals surface area contributed by atoms with Crippen LogP contribution in [0.2, 0.25) is 0 Å². The Morgan fingerprint density at radius 3 is 2.31 bits per heavy atom. The van der Waals surface area contributed by atoms with Crippen molar-refractivity contribution in [3.8, 4) is 5.75 Å². The van der Waals surface area contributed by atoms with Gasteiger partial charge in [-0.3, -0.25) is 4.79 Å². The van der Waals surface area contributed by atoms with Crippen molar-refractivity contribution in [1.29, 1.82) is 0 Å². The number of rotatable bonds is 7. The van der Waals surface area contributed by atoms with E-state index in [4.69, 9.17) is 4.74 Å². The van der Waals surface area contributed by atoms with Crippen LogP contribution in [-0.4, -0.2) is 30.6 Å². The normalized spacial score (nSPS) is 15.2. The summed E-state index contributed by atoms with van der Waals surface area (Å²) in [6.45, 7) is 4.25. The van der Waals surface area contributed by atoms with Gasteiger partial charge in [-0.2, -0.15) is 0 Å². The van der Waals surface area contributed by atoms with Crippen molar-refractivity contribution >= 4 is 11.6 Å². The lowest BCUT2D eigenvalue weighted by molar-refractivity contribution is 0.0117. The lowest BCUT2D eigenvalue weighted by Crippen LogP contribution is -2.43. The van der Waals surface area contributed by atoms with Gasteiger partial charge in [0, 0.05) is 25.7 Å². The van der Waals surface area contributed by atoms with Crippen LogP contribution in [0.5, 0.6) is 5.75 Å². The maximum Gasteiger partial charge on any atom is 0.253 e. The highest BCUT2D eigenvalue weighted by molar-refractivity contribution is 6.00. The SMILES string of the molecule is CCNC(=O)c1ccc(OCc2ccccc2)cc1N1CCC(O)(c2ccccc2)CC1. The summed E-state index contributed by atoms with van der Waals surface area (Å²) in [5.41, 5.74) is 2.67. The number of hydrogen-bond acceptors (Lipinski definition) is 4. The first-order chi connectivity index (χ1) is 15.6. The molecule has 0 bridgehead atoms. The summed E-state index contributed by atoms with van der Waals surface area (Å²) in [7, 11) is 0. The second kappa shape index (κ2) is 9.88. The predicted octanol–water partition coefficient (Wildman–Crippen LogP) is 4.50. The summed E-state index contributed by atoms with van der Waals surface area (Å²) >= 11 is 0. The first-order valence-electron chi connectivity index (χ1n) is 11.2. The number of anilines is 1. The smallest absolute Gasteiger partial charge is 0.253 e. The van der Waals surface area contributed by atoms with Gasteiger partial charge in [0.1, 0.15) is 12.4 Å². The molecule has 5 nitrogen and oxygen atoms in total. The Balaban J connectivity index is 1.54. The standard InChI is InChI=1S/C27H30N2O3/c1-2-28-26(30)24-14-13-23(32-20-21-9-5-3-6-10-21)19-25(24)29-17-15-27(31,16-18-29)22-11-7-4-8-12-22/h3-14,19,31H,2,15-18,20H2,1H3,(H,28,30). The molecular formula is C27H30N2O3. The highest BCUT2D eigenvalue weighted by atomic mass is 16.5. The molecular weight excluding hydrogens is 400 g/mol. The summed E-state index contributed by atoms with van der Waals surface area (Å²) in [4.78, 5) is 14.9. The van der Waals surface area contributed by atoms with Gasteiger partial charge in [0.05, 0.1) is 16.9 Å². The van der Waals surface area contributed by atoms with E-state index >= 15 is 0 Å². The number of piperidine rings is 1. The van der Waals surface area contributed by atoms with Gasteiger partial charge in [-0.1, -0.05) is 60.7 Å². The van der Waals surface area contributed by atoms with Gasteiger partial charge in [0.25, 0.3) is 5.91 Å². The third kappa shape index (κ3) is 4.94. The number of amides is 1. The van der Waals surface area contributed by atoms with E-state index in [-0.39, 0.29) is 5.91 Å². The third-order valence-electron chi connectivity index (χ3n) is 6.04. The molecule has 1 heterocycles. The highest BCUT2D eigenvalue weighted by Crippen LogP contribution is 2.36. The minimum Gasteiger partial charge on any atom is -0.489 e. The number of nitrogens with one attached hydrogen (secondary N) is 1. The average molecular weight is 431 g/mol. The fourth-order valence-electron chi connectivity index (χ4n) is 4.21. The summed E-state index contributed by atoms with van der Waals surface area (Å²) < 4.78 is 6.02. The van der Waals surface area contributed by atoms with Crippen molar-refractivity contribution < 1.29 is 14.6 Å². The van der Waals surface area contributed by atoms with Gasteiger partial charge in [-0.05, 0) is 43.0 Å². The second-order valence-electron chi connectivity index (χ2n) is 8.20. The number of carbonyl (C=O) groups is 1. The Hall–Kier alpha value is -3.31. The van der Waals surface area contributed by atoms with Crippen molar-refractivity contribution in [2.45, 2.75) is 32.0 Å². The number of benzene rings is 3. The van der Waals surface area contributed by atoms with Crippen LogP contribution in [0.4, 0.5) is 5.69 Å². The fourth-order valence-corrected chi connectivity index (χ4v) is 4.21. The molecule has 1 saturated heterocycles. The van der Waals surface area contributed by atoms with Crippen LogP contribution in [0, 0.1) is 0 Å². The van der Waals surface area contributed by atoms with E-state index in [0.29, 0.717) is 44.6 Å². The molecule has 0 unspecified atom stereocenters. The molecule has 0 spiro atoms. The molecule has 0 radical (unpaired) electrons. The first-order valence-corrected chi connectivity index (χ1v) is 11.2. The predicted molar refractivity (Wildman–Crippen MR) is 127 cm³/mol. The lowest BCUT2D eigenvalue weighted by atomic mass is 9.84. The molecule has 1 fully saturated rings. The fraction of sp³-hybridized carbons (Fsp3) is 0.296. The molecule has 3 aromatic carbocycles. The van der Waals surface area contributed by atoms with Crippen molar-refractivity contribution in [1.82, 2.24) is 5.32 Å². The highest BCUT2D eigenvalue weighted by Gasteiger charge is 2.34. The Morgan fingerprint density at radius 2 is 1.66 bits per heavy atom. The van der Waals surface area contributed by atoms with E-state index in [1.54, 1.807) is 0 Å². The van der Waals surface area contributed by atoms with E-state index < -0.39 is 5.60 Å². The Labute approximate surface area is 189 Å². The zero-order valence-electron chi connectivity index (χ0n) is 18.5. The van der Waals surface area contributed by atoms with Gasteiger partial charge < -0.3 is 20.1 Å². The molecule has 166 valence electrons. The van der Waals surface area contributed by atoms with E-state index in [0.717, 1.165) is 22.6 Å². The maximum absolute atomic E-state index is 12.7. The monoisotopic (exact) mass is 430 g/mol. The Morgan fingerprint density at radius 1 is 1.00 bits per heavy atom. The molecule has 0 saturated carbocycles. The van der Waals surface area contributed by atoms with Crippen LogP contribution in [0.15, 0.2) is 78.9 Å². The minimum absolute atomic E-state index is 0.0963. The molecule has 1 aliphatic heterocycles. The number of hydrogen-bond donors (Lipinski definition) is 2. The summed E-state index contributed by atoms with van der Waals surface area (Å²) in [6.07, 6.45) is 1.20. The van der Waals surface area contributed by atoms with E-state index in [9.17, 15) is 9.90 Å². The molecule has 2 N–H and O–H groups in total. The molecule has 0 aliphatic carbocycles. The first kappa shape index (κ1) is 21.9. The molecule has 1 amide bonds. The lowest BCUT2D eigenvalue weighted by Gasteiger charge is -2.40. The molecule has 4 rings (SSSR count).